The van der Waals surface area contributed by atoms with Gasteiger partial charge in [0.25, 0.3) is 5.91 Å². The third-order valence-electron chi connectivity index (χ3n) is 3.97. The Morgan fingerprint density at radius 2 is 1.55 bits per heavy atom. The summed E-state index contributed by atoms with van der Waals surface area (Å²) < 4.78 is 0. The molecule has 0 saturated carbocycles. The van der Waals surface area contributed by atoms with Crippen LogP contribution in [-0.4, -0.2) is 57.5 Å². The van der Waals surface area contributed by atoms with Crippen molar-refractivity contribution in [2.45, 2.75) is 76.6 Å². The summed E-state index contributed by atoms with van der Waals surface area (Å²) in [6.45, 7) is 2.87. The van der Waals surface area contributed by atoms with E-state index in [9.17, 15) is 20.1 Å². The second-order valence-corrected chi connectivity index (χ2v) is 5.76. The molecule has 1 fully saturated rings. The van der Waals surface area contributed by atoms with Gasteiger partial charge >= 0.3 is 0 Å². The lowest BCUT2D eigenvalue weighted by atomic mass is 10.0. The van der Waals surface area contributed by atoms with Crippen molar-refractivity contribution in [3.05, 3.63) is 0 Å². The highest BCUT2D eigenvalue weighted by atomic mass is 16.4. The third kappa shape index (κ3) is 5.38. The molecule has 1 amide bonds. The second kappa shape index (κ2) is 9.32. The zero-order chi connectivity index (χ0) is 15.0. The number of aliphatic hydroxyl groups is 3. The van der Waals surface area contributed by atoms with Crippen molar-refractivity contribution < 1.29 is 20.1 Å². The molecule has 0 bridgehead atoms. The highest BCUT2D eigenvalue weighted by molar-refractivity contribution is 5.82. The quantitative estimate of drug-likeness (QED) is 0.554. The Labute approximate surface area is 121 Å². The van der Waals surface area contributed by atoms with Crippen LogP contribution >= 0.6 is 0 Å². The molecule has 0 spiro atoms. The summed E-state index contributed by atoms with van der Waals surface area (Å²) in [5.74, 6) is -0.467. The second-order valence-electron chi connectivity index (χ2n) is 5.76. The Kier molecular flexibility index (Phi) is 8.11. The number of carbonyl (C=O) groups is 1. The average molecular weight is 287 g/mol. The van der Waals surface area contributed by atoms with Crippen LogP contribution in [0.15, 0.2) is 0 Å². The molecular weight excluding hydrogens is 258 g/mol. The van der Waals surface area contributed by atoms with Gasteiger partial charge in [-0.3, -0.25) is 4.79 Å². The molecule has 0 aromatic carbocycles. The van der Waals surface area contributed by atoms with Crippen LogP contribution in [0.4, 0.5) is 0 Å². The first-order valence-electron chi connectivity index (χ1n) is 7.91. The third-order valence-corrected chi connectivity index (χ3v) is 3.97. The molecule has 0 aromatic heterocycles. The van der Waals surface area contributed by atoms with Crippen LogP contribution in [0.2, 0.25) is 0 Å². The van der Waals surface area contributed by atoms with E-state index in [-0.39, 0.29) is 6.54 Å². The van der Waals surface area contributed by atoms with Gasteiger partial charge in [0.05, 0.1) is 0 Å². The predicted molar refractivity (Wildman–Crippen MR) is 77.2 cm³/mol. The minimum absolute atomic E-state index is 0.119. The number of likely N-dealkylation sites (tertiary alicyclic amines) is 1. The smallest absolute Gasteiger partial charge is 0.254 e. The number of rotatable bonds is 9. The molecule has 5 nitrogen and oxygen atoms in total. The summed E-state index contributed by atoms with van der Waals surface area (Å²) in [4.78, 5) is 13.2. The topological polar surface area (TPSA) is 81.0 Å². The Morgan fingerprint density at radius 3 is 2.15 bits per heavy atom. The molecule has 1 rings (SSSR count). The minimum atomic E-state index is -1.48. The fourth-order valence-corrected chi connectivity index (χ4v) is 2.61. The first-order chi connectivity index (χ1) is 9.57. The summed E-state index contributed by atoms with van der Waals surface area (Å²) in [5.41, 5.74) is 0. The molecule has 0 unspecified atom stereocenters. The van der Waals surface area contributed by atoms with Gasteiger partial charge in [0.2, 0.25) is 0 Å². The van der Waals surface area contributed by atoms with Crippen molar-refractivity contribution in [2.75, 3.05) is 13.1 Å². The van der Waals surface area contributed by atoms with Crippen LogP contribution in [0, 0.1) is 0 Å². The van der Waals surface area contributed by atoms with Crippen LogP contribution in [0.1, 0.15) is 58.3 Å². The minimum Gasteiger partial charge on any atom is -0.388 e. The standard InChI is InChI=1S/C15H29NO4/c1-2-3-4-5-6-7-8-9-10-16-11-12(17)13(18)14(19)15(16)20/h12-14,17-19H,2-11H2,1H3/t12-,13+,14+/m0/s1. The van der Waals surface area contributed by atoms with E-state index in [2.05, 4.69) is 6.92 Å². The van der Waals surface area contributed by atoms with E-state index in [0.717, 1.165) is 12.8 Å². The number of carbonyl (C=O) groups excluding carboxylic acids is 1. The number of unbranched alkanes of at least 4 members (excludes halogenated alkanes) is 7. The van der Waals surface area contributed by atoms with E-state index < -0.39 is 24.2 Å². The van der Waals surface area contributed by atoms with E-state index in [1.165, 1.54) is 43.4 Å². The molecule has 0 aliphatic carbocycles. The lowest BCUT2D eigenvalue weighted by molar-refractivity contribution is -0.165. The normalized spacial score (nSPS) is 27.1. The first kappa shape index (κ1) is 17.4. The van der Waals surface area contributed by atoms with Gasteiger partial charge in [-0.2, -0.15) is 0 Å². The molecule has 1 aliphatic heterocycles. The average Bonchev–Trinajstić information content (AvgIpc) is 2.44. The van der Waals surface area contributed by atoms with Crippen LogP contribution in [0.5, 0.6) is 0 Å². The molecule has 0 radical (unpaired) electrons. The molecule has 3 N–H and O–H groups in total. The fourth-order valence-electron chi connectivity index (χ4n) is 2.61. The van der Waals surface area contributed by atoms with Gasteiger partial charge in [0.1, 0.15) is 12.2 Å². The van der Waals surface area contributed by atoms with E-state index in [0.29, 0.717) is 6.54 Å². The van der Waals surface area contributed by atoms with Crippen molar-refractivity contribution in [3.63, 3.8) is 0 Å². The number of amides is 1. The molecule has 118 valence electrons. The van der Waals surface area contributed by atoms with Crippen LogP contribution in [0.25, 0.3) is 0 Å². The van der Waals surface area contributed by atoms with Gasteiger partial charge < -0.3 is 20.2 Å². The van der Waals surface area contributed by atoms with Gasteiger partial charge in [-0.1, -0.05) is 51.9 Å². The summed E-state index contributed by atoms with van der Waals surface area (Å²) in [7, 11) is 0. The van der Waals surface area contributed by atoms with Crippen molar-refractivity contribution in [2.24, 2.45) is 0 Å². The van der Waals surface area contributed by atoms with E-state index in [1.54, 1.807) is 0 Å². The van der Waals surface area contributed by atoms with E-state index >= 15 is 0 Å². The molecule has 1 aliphatic rings. The molecular formula is C15H29NO4. The molecule has 3 atom stereocenters. The van der Waals surface area contributed by atoms with Crippen LogP contribution < -0.4 is 0 Å². The van der Waals surface area contributed by atoms with Crippen molar-refractivity contribution >= 4 is 5.91 Å². The van der Waals surface area contributed by atoms with E-state index in [1.807, 2.05) is 0 Å². The maximum absolute atomic E-state index is 11.7. The van der Waals surface area contributed by atoms with Crippen molar-refractivity contribution in [3.8, 4) is 0 Å². The van der Waals surface area contributed by atoms with Crippen molar-refractivity contribution in [1.82, 2.24) is 4.90 Å². The summed E-state index contributed by atoms with van der Waals surface area (Å²) in [5, 5.41) is 28.5. The number of aliphatic hydroxyl groups excluding tert-OH is 3. The van der Waals surface area contributed by atoms with Crippen LogP contribution in [0.3, 0.4) is 0 Å². The lowest BCUT2D eigenvalue weighted by Gasteiger charge is -2.36. The summed E-state index contributed by atoms with van der Waals surface area (Å²) >= 11 is 0. The number of hydrogen-bond acceptors (Lipinski definition) is 4. The molecule has 1 saturated heterocycles. The van der Waals surface area contributed by atoms with Gasteiger partial charge in [0.15, 0.2) is 6.10 Å². The van der Waals surface area contributed by atoms with Crippen molar-refractivity contribution in [1.29, 1.82) is 0 Å². The number of β-amino-alcohol motifs (C(OH)–C–C–N with tert-alkyl or cyclic N) is 1. The Balaban J connectivity index is 2.11. The Morgan fingerprint density at radius 1 is 1.00 bits per heavy atom. The van der Waals surface area contributed by atoms with Gasteiger partial charge in [-0.15, -0.1) is 0 Å². The van der Waals surface area contributed by atoms with Crippen LogP contribution in [-0.2, 0) is 4.79 Å². The molecule has 5 heteroatoms. The zero-order valence-electron chi connectivity index (χ0n) is 12.5. The Hall–Kier alpha value is -0.650. The number of piperidine rings is 1. The van der Waals surface area contributed by atoms with Gasteiger partial charge in [-0.05, 0) is 6.42 Å². The summed E-state index contributed by atoms with van der Waals surface area (Å²) in [6.07, 6.45) is 5.62. The predicted octanol–water partition coefficient (Wildman–Crippen LogP) is 1.05. The maximum Gasteiger partial charge on any atom is 0.254 e. The fraction of sp³-hybridized carbons (Fsp3) is 0.933. The van der Waals surface area contributed by atoms with Gasteiger partial charge in [0, 0.05) is 13.1 Å². The van der Waals surface area contributed by atoms with E-state index in [4.69, 9.17) is 0 Å². The maximum atomic E-state index is 11.7. The largest absolute Gasteiger partial charge is 0.388 e. The first-order valence-corrected chi connectivity index (χ1v) is 7.91. The monoisotopic (exact) mass is 287 g/mol. The molecule has 1 heterocycles. The SMILES string of the molecule is CCCCCCCCCCN1C[C@H](O)[C@@H](O)[C@@H](O)C1=O. The number of hydrogen-bond donors (Lipinski definition) is 3. The highest BCUT2D eigenvalue weighted by Gasteiger charge is 2.39. The zero-order valence-corrected chi connectivity index (χ0v) is 12.5. The molecule has 0 aromatic rings. The highest BCUT2D eigenvalue weighted by Crippen LogP contribution is 2.15. The molecule has 20 heavy (non-hydrogen) atoms. The summed E-state index contributed by atoms with van der Waals surface area (Å²) in [6, 6.07) is 0. The van der Waals surface area contributed by atoms with Gasteiger partial charge in [-0.25, -0.2) is 0 Å². The lowest BCUT2D eigenvalue weighted by Crippen LogP contribution is -2.58. The number of nitrogens with zero attached hydrogens (tertiary/aromatic N) is 1. The Bertz CT molecular complexity index is 285.